The molecule has 3 heteroatoms. The molecule has 0 spiro atoms. The fourth-order valence-corrected chi connectivity index (χ4v) is 1.57. The van der Waals surface area contributed by atoms with Crippen LogP contribution in [-0.2, 0) is 0 Å². The van der Waals surface area contributed by atoms with E-state index in [1.54, 1.807) is 6.20 Å². The van der Waals surface area contributed by atoms with E-state index in [4.69, 9.17) is 0 Å². The van der Waals surface area contributed by atoms with Gasteiger partial charge in [0, 0.05) is 11.6 Å². The van der Waals surface area contributed by atoms with E-state index < -0.39 is 0 Å². The highest BCUT2D eigenvalue weighted by Crippen LogP contribution is 2.22. The maximum Gasteiger partial charge on any atom is 0.144 e. The van der Waals surface area contributed by atoms with Crippen LogP contribution in [0, 0.1) is 6.92 Å². The van der Waals surface area contributed by atoms with Crippen LogP contribution in [0.1, 0.15) is 5.56 Å². The number of aromatic hydroxyl groups is 1. The molecule has 0 radical (unpaired) electrons. The Morgan fingerprint density at radius 2 is 2.23 bits per heavy atom. The largest absolute Gasteiger partial charge is 0.506 e. The van der Waals surface area contributed by atoms with Gasteiger partial charge in [-0.3, -0.25) is 4.98 Å². The Morgan fingerprint density at radius 3 is 3.00 bits per heavy atom. The molecule has 0 amide bonds. The van der Waals surface area contributed by atoms with Gasteiger partial charge in [-0.2, -0.15) is 0 Å². The first-order chi connectivity index (χ1) is 6.20. The van der Waals surface area contributed by atoms with Gasteiger partial charge in [0.05, 0.1) is 0 Å². The molecule has 0 aliphatic carbocycles. The Bertz CT molecular complexity index is 468. The summed E-state index contributed by atoms with van der Waals surface area (Å²) in [6.07, 6.45) is 1.70. The molecule has 0 aliphatic heterocycles. The van der Waals surface area contributed by atoms with E-state index in [-0.39, 0.29) is 0 Å². The van der Waals surface area contributed by atoms with Gasteiger partial charge in [0.2, 0.25) is 0 Å². The van der Waals surface area contributed by atoms with Crippen LogP contribution >= 0.6 is 0 Å². The lowest BCUT2D eigenvalue weighted by atomic mass is 9.91. The van der Waals surface area contributed by atoms with E-state index in [2.05, 4.69) is 4.98 Å². The molecular formula is C10H10BNO. The van der Waals surface area contributed by atoms with Gasteiger partial charge >= 0.3 is 0 Å². The van der Waals surface area contributed by atoms with Crippen molar-refractivity contribution in [2.75, 3.05) is 0 Å². The molecule has 1 aromatic carbocycles. The molecule has 0 atom stereocenters. The van der Waals surface area contributed by atoms with E-state index in [1.807, 2.05) is 33.0 Å². The molecule has 1 heterocycles. The van der Waals surface area contributed by atoms with Crippen molar-refractivity contribution in [1.82, 2.24) is 4.98 Å². The van der Waals surface area contributed by atoms with Gasteiger partial charge in [-0.1, -0.05) is 12.1 Å². The number of pyridine rings is 1. The maximum atomic E-state index is 9.72. The molecule has 0 unspecified atom stereocenters. The molecule has 0 saturated carbocycles. The summed E-state index contributed by atoms with van der Waals surface area (Å²) in [6, 6.07) is 5.82. The first-order valence-corrected chi connectivity index (χ1v) is 4.24. The first-order valence-electron chi connectivity index (χ1n) is 4.24. The van der Waals surface area contributed by atoms with Crippen LogP contribution in [0.4, 0.5) is 0 Å². The Labute approximate surface area is 77.6 Å². The van der Waals surface area contributed by atoms with Gasteiger partial charge in [-0.25, -0.2) is 0 Å². The maximum absolute atomic E-state index is 9.72. The topological polar surface area (TPSA) is 33.1 Å². The van der Waals surface area contributed by atoms with Crippen molar-refractivity contribution >= 4 is 24.2 Å². The number of fused-ring (bicyclic) bond motifs is 1. The number of phenols is 1. The van der Waals surface area contributed by atoms with Crippen molar-refractivity contribution in [3.63, 3.8) is 0 Å². The van der Waals surface area contributed by atoms with Crippen molar-refractivity contribution in [3.05, 3.63) is 30.0 Å². The third kappa shape index (κ3) is 1.17. The SMILES string of the molecule is Bc1cc(C)c2cccnc2c1O. The molecule has 2 rings (SSSR count). The van der Waals surface area contributed by atoms with Crippen molar-refractivity contribution in [2.24, 2.45) is 0 Å². The number of rotatable bonds is 0. The first kappa shape index (κ1) is 8.11. The van der Waals surface area contributed by atoms with E-state index in [0.717, 1.165) is 16.4 Å². The van der Waals surface area contributed by atoms with Crippen LogP contribution in [-0.4, -0.2) is 17.9 Å². The Kier molecular flexibility index (Phi) is 1.73. The Balaban J connectivity index is 2.97. The highest BCUT2D eigenvalue weighted by atomic mass is 16.3. The highest BCUT2D eigenvalue weighted by molar-refractivity contribution is 6.35. The predicted molar refractivity (Wildman–Crippen MR) is 56.3 cm³/mol. The van der Waals surface area contributed by atoms with Crippen LogP contribution in [0.2, 0.25) is 0 Å². The Hall–Kier alpha value is -1.51. The zero-order valence-electron chi connectivity index (χ0n) is 7.70. The minimum absolute atomic E-state index is 0.293. The molecular weight excluding hydrogens is 161 g/mol. The molecule has 13 heavy (non-hydrogen) atoms. The summed E-state index contributed by atoms with van der Waals surface area (Å²) in [5.74, 6) is 0.293. The fourth-order valence-electron chi connectivity index (χ4n) is 1.57. The Morgan fingerprint density at radius 1 is 1.46 bits per heavy atom. The number of aromatic nitrogens is 1. The van der Waals surface area contributed by atoms with Crippen molar-refractivity contribution in [3.8, 4) is 5.75 Å². The number of nitrogens with zero attached hydrogens (tertiary/aromatic N) is 1. The molecule has 64 valence electrons. The quantitative estimate of drug-likeness (QED) is 0.585. The van der Waals surface area contributed by atoms with E-state index >= 15 is 0 Å². The second-order valence-corrected chi connectivity index (χ2v) is 3.26. The lowest BCUT2D eigenvalue weighted by molar-refractivity contribution is 0.484. The second-order valence-electron chi connectivity index (χ2n) is 3.26. The third-order valence-corrected chi connectivity index (χ3v) is 2.26. The zero-order chi connectivity index (χ0) is 9.42. The highest BCUT2D eigenvalue weighted by Gasteiger charge is 2.05. The van der Waals surface area contributed by atoms with Crippen LogP contribution in [0.25, 0.3) is 10.9 Å². The molecule has 0 fully saturated rings. The summed E-state index contributed by atoms with van der Waals surface area (Å²) in [4.78, 5) is 4.15. The summed E-state index contributed by atoms with van der Waals surface area (Å²) >= 11 is 0. The van der Waals surface area contributed by atoms with E-state index in [9.17, 15) is 5.11 Å². The summed E-state index contributed by atoms with van der Waals surface area (Å²) in [5, 5.41) is 10.7. The number of phenolic OH excluding ortho intramolecular Hbond substituents is 1. The number of hydrogen-bond donors (Lipinski definition) is 1. The van der Waals surface area contributed by atoms with Gasteiger partial charge < -0.3 is 5.11 Å². The summed E-state index contributed by atoms with van der Waals surface area (Å²) in [6.45, 7) is 2.02. The smallest absolute Gasteiger partial charge is 0.144 e. The van der Waals surface area contributed by atoms with Gasteiger partial charge in [-0.15, -0.1) is 0 Å². The van der Waals surface area contributed by atoms with Crippen LogP contribution in [0.3, 0.4) is 0 Å². The lowest BCUT2D eigenvalue weighted by Gasteiger charge is -2.06. The third-order valence-electron chi connectivity index (χ3n) is 2.26. The average molecular weight is 171 g/mol. The van der Waals surface area contributed by atoms with E-state index in [0.29, 0.717) is 11.3 Å². The van der Waals surface area contributed by atoms with Gasteiger partial charge in [0.1, 0.15) is 19.1 Å². The monoisotopic (exact) mass is 171 g/mol. The minimum atomic E-state index is 0.293. The zero-order valence-corrected chi connectivity index (χ0v) is 7.70. The molecule has 1 aromatic heterocycles. The average Bonchev–Trinajstić information content (AvgIpc) is 2.15. The molecule has 0 aliphatic rings. The van der Waals surface area contributed by atoms with Gasteiger partial charge in [-0.05, 0) is 24.0 Å². The molecule has 2 aromatic rings. The summed E-state index contributed by atoms with van der Waals surface area (Å²) in [7, 11) is 1.89. The van der Waals surface area contributed by atoms with Gasteiger partial charge in [0.15, 0.2) is 0 Å². The van der Waals surface area contributed by atoms with Crippen molar-refractivity contribution in [2.45, 2.75) is 6.92 Å². The van der Waals surface area contributed by atoms with Crippen LogP contribution in [0.15, 0.2) is 24.4 Å². The molecule has 0 bridgehead atoms. The molecule has 0 saturated heterocycles. The van der Waals surface area contributed by atoms with Crippen molar-refractivity contribution < 1.29 is 5.11 Å². The van der Waals surface area contributed by atoms with Crippen molar-refractivity contribution in [1.29, 1.82) is 0 Å². The van der Waals surface area contributed by atoms with Crippen LogP contribution < -0.4 is 5.46 Å². The molecule has 1 N–H and O–H groups in total. The van der Waals surface area contributed by atoms with Crippen LogP contribution in [0.5, 0.6) is 5.75 Å². The number of aryl methyl sites for hydroxylation is 1. The fraction of sp³-hybridized carbons (Fsp3) is 0.100. The number of benzene rings is 1. The predicted octanol–water partition coefficient (Wildman–Crippen LogP) is 0.507. The standard InChI is InChI=1S/C10H10BNO/c1-6-5-8(11)10(13)9-7(6)3-2-4-12-9/h2-5,13H,11H2,1H3. The lowest BCUT2D eigenvalue weighted by Crippen LogP contribution is -2.04. The summed E-state index contributed by atoms with van der Waals surface area (Å²) in [5.41, 5.74) is 2.72. The molecule has 2 nitrogen and oxygen atoms in total. The van der Waals surface area contributed by atoms with Gasteiger partial charge in [0.25, 0.3) is 0 Å². The summed E-state index contributed by atoms with van der Waals surface area (Å²) < 4.78 is 0. The second kappa shape index (κ2) is 2.77. The number of hydrogen-bond acceptors (Lipinski definition) is 2. The van der Waals surface area contributed by atoms with E-state index in [1.165, 1.54) is 0 Å². The normalized spacial score (nSPS) is 10.5. The minimum Gasteiger partial charge on any atom is -0.506 e.